The zero-order chi connectivity index (χ0) is 31.2. The van der Waals surface area contributed by atoms with Crippen molar-refractivity contribution < 1.29 is 19.8 Å². The summed E-state index contributed by atoms with van der Waals surface area (Å²) in [4.78, 5) is 40.2. The van der Waals surface area contributed by atoms with Gasteiger partial charge >= 0.3 is 11.9 Å². The number of nitrogens with one attached hydrogen (secondary N) is 2. The van der Waals surface area contributed by atoms with Gasteiger partial charge in [0.1, 0.15) is 0 Å². The second-order valence-electron chi connectivity index (χ2n) is 11.2. The summed E-state index contributed by atoms with van der Waals surface area (Å²) in [6.07, 6.45) is 2.37. The number of fused-ring (bicyclic) bond motifs is 8. The van der Waals surface area contributed by atoms with E-state index >= 15 is 0 Å². The van der Waals surface area contributed by atoms with Crippen molar-refractivity contribution in [3.05, 3.63) is 75.9 Å². The SMILES string of the molecule is C=Cc1c(C)c2cc3[nH]c(cc4nc(cc5nc(cc1[nH]2)C(C)=C5CCC(=O)O)C(CCC(=O)O)=C4C)c(C)c3C(C)S. The normalized spacial score (nSPS) is 13.9. The number of carboxylic acid groups (broad SMARTS) is 2. The fourth-order valence-corrected chi connectivity index (χ4v) is 6.37. The third-order valence-corrected chi connectivity index (χ3v) is 8.69. The summed E-state index contributed by atoms with van der Waals surface area (Å²) in [5, 5.41) is 18.9. The number of hydrogen-bond acceptors (Lipinski definition) is 5. The average Bonchev–Trinajstić information content (AvgIpc) is 3.59. The molecule has 5 rings (SSSR count). The topological polar surface area (TPSA) is 132 Å². The molecule has 43 heavy (non-hydrogen) atoms. The van der Waals surface area contributed by atoms with Crippen LogP contribution in [0.3, 0.4) is 0 Å². The number of aliphatic carboxylic acids is 2. The van der Waals surface area contributed by atoms with E-state index in [2.05, 4.69) is 36.5 Å². The molecule has 0 aromatic carbocycles. The Morgan fingerprint density at radius 1 is 0.791 bits per heavy atom. The minimum atomic E-state index is -0.888. The highest BCUT2D eigenvalue weighted by Gasteiger charge is 2.23. The summed E-state index contributed by atoms with van der Waals surface area (Å²) >= 11 is 4.80. The molecule has 0 aliphatic carbocycles. The molecule has 0 saturated carbocycles. The number of nitrogens with zero attached hydrogens (tertiary/aromatic N) is 2. The van der Waals surface area contributed by atoms with Crippen LogP contribution in [0.5, 0.6) is 0 Å². The van der Waals surface area contributed by atoms with Crippen molar-refractivity contribution >= 4 is 75.0 Å². The fraction of sp³-hybridized carbons (Fsp3) is 0.294. The van der Waals surface area contributed by atoms with Gasteiger partial charge in [0.15, 0.2) is 0 Å². The highest BCUT2D eigenvalue weighted by molar-refractivity contribution is 7.80. The summed E-state index contributed by atoms with van der Waals surface area (Å²) in [5.41, 5.74) is 14.0. The van der Waals surface area contributed by atoms with Crippen LogP contribution in [0, 0.1) is 13.8 Å². The van der Waals surface area contributed by atoms with Crippen molar-refractivity contribution in [2.45, 2.75) is 65.6 Å². The van der Waals surface area contributed by atoms with E-state index in [-0.39, 0.29) is 18.1 Å². The first-order valence-electron chi connectivity index (χ1n) is 14.3. The Hall–Kier alpha value is -4.37. The molecule has 9 heteroatoms. The first-order valence-corrected chi connectivity index (χ1v) is 14.8. The van der Waals surface area contributed by atoms with Gasteiger partial charge < -0.3 is 20.2 Å². The van der Waals surface area contributed by atoms with E-state index in [1.165, 1.54) is 0 Å². The average molecular weight is 597 g/mol. The molecule has 3 aromatic heterocycles. The maximum Gasteiger partial charge on any atom is 0.303 e. The summed E-state index contributed by atoms with van der Waals surface area (Å²) in [5.74, 6) is -1.77. The van der Waals surface area contributed by atoms with Crippen molar-refractivity contribution in [2.24, 2.45) is 0 Å². The van der Waals surface area contributed by atoms with Crippen LogP contribution in [0.4, 0.5) is 0 Å². The van der Waals surface area contributed by atoms with Crippen molar-refractivity contribution in [1.82, 2.24) is 19.9 Å². The third kappa shape index (κ3) is 5.69. The molecule has 4 N–H and O–H groups in total. The zero-order valence-electron chi connectivity index (χ0n) is 25.1. The molecule has 5 heterocycles. The molecule has 3 aromatic rings. The third-order valence-electron chi connectivity index (χ3n) is 8.43. The Balaban J connectivity index is 1.94. The van der Waals surface area contributed by atoms with Gasteiger partial charge in [-0.05, 0) is 111 Å². The lowest BCUT2D eigenvalue weighted by molar-refractivity contribution is -0.137. The first-order chi connectivity index (χ1) is 20.4. The summed E-state index contributed by atoms with van der Waals surface area (Å²) in [7, 11) is 0. The second kappa shape index (κ2) is 11.7. The van der Waals surface area contributed by atoms with Crippen LogP contribution < -0.4 is 0 Å². The molecule has 0 amide bonds. The Morgan fingerprint density at radius 2 is 1.28 bits per heavy atom. The van der Waals surface area contributed by atoms with Gasteiger partial charge in [-0.25, -0.2) is 9.97 Å². The lowest BCUT2D eigenvalue weighted by Gasteiger charge is -2.05. The van der Waals surface area contributed by atoms with Crippen LogP contribution in [0.25, 0.3) is 50.4 Å². The zero-order valence-corrected chi connectivity index (χ0v) is 25.9. The molecule has 0 fully saturated rings. The van der Waals surface area contributed by atoms with E-state index in [4.69, 9.17) is 22.6 Å². The lowest BCUT2D eigenvalue weighted by Crippen LogP contribution is -1.97. The van der Waals surface area contributed by atoms with Gasteiger partial charge in [-0.15, -0.1) is 0 Å². The minimum absolute atomic E-state index is 0.0332. The maximum absolute atomic E-state index is 11.6. The number of carbonyl (C=O) groups is 2. The van der Waals surface area contributed by atoms with Gasteiger partial charge in [0.25, 0.3) is 0 Å². The van der Waals surface area contributed by atoms with Crippen LogP contribution in [-0.4, -0.2) is 42.1 Å². The largest absolute Gasteiger partial charge is 0.481 e. The molecule has 1 unspecified atom stereocenters. The van der Waals surface area contributed by atoms with Gasteiger partial charge in [-0.2, -0.15) is 12.6 Å². The molecule has 222 valence electrons. The quantitative estimate of drug-likeness (QED) is 0.167. The number of rotatable bonds is 8. The highest BCUT2D eigenvalue weighted by atomic mass is 32.1. The van der Waals surface area contributed by atoms with Crippen molar-refractivity contribution in [1.29, 1.82) is 0 Å². The van der Waals surface area contributed by atoms with Crippen molar-refractivity contribution in [3.8, 4) is 0 Å². The number of thiol groups is 1. The van der Waals surface area contributed by atoms with E-state index in [0.29, 0.717) is 24.2 Å². The molecule has 8 bridgehead atoms. The maximum atomic E-state index is 11.6. The van der Waals surface area contributed by atoms with Gasteiger partial charge in [-0.1, -0.05) is 12.7 Å². The molecule has 2 aliphatic heterocycles. The number of allylic oxidation sites excluding steroid dienone is 4. The number of aromatic nitrogens is 4. The van der Waals surface area contributed by atoms with Crippen LogP contribution in [-0.2, 0) is 9.59 Å². The van der Waals surface area contributed by atoms with Crippen LogP contribution in [0.2, 0.25) is 0 Å². The van der Waals surface area contributed by atoms with Gasteiger partial charge in [0.05, 0.1) is 22.8 Å². The minimum Gasteiger partial charge on any atom is -0.481 e. The first kappa shape index (κ1) is 30.1. The van der Waals surface area contributed by atoms with Crippen LogP contribution >= 0.6 is 12.6 Å². The van der Waals surface area contributed by atoms with E-state index in [0.717, 1.165) is 78.0 Å². The number of aromatic amines is 2. The van der Waals surface area contributed by atoms with E-state index in [1.54, 1.807) is 0 Å². The second-order valence-corrected chi connectivity index (χ2v) is 12.0. The monoisotopic (exact) mass is 596 g/mol. The smallest absolute Gasteiger partial charge is 0.303 e. The van der Waals surface area contributed by atoms with Crippen LogP contribution in [0.1, 0.15) is 96.7 Å². The molecular weight excluding hydrogens is 560 g/mol. The Morgan fingerprint density at radius 3 is 1.77 bits per heavy atom. The summed E-state index contributed by atoms with van der Waals surface area (Å²) < 4.78 is 0. The molecule has 8 nitrogen and oxygen atoms in total. The predicted molar refractivity (Wildman–Crippen MR) is 177 cm³/mol. The number of aryl methyl sites for hydroxylation is 2. The molecular formula is C34H36N4O4S. The standard InChI is InChI=1S/C34H36N4O4S/c1-7-21-16(2)26-14-31-34(20(6)43)19(5)27(38-31)12-24-17(3)22(8-10-32(39)40)29(36-24)15-30-23(9-11-33(41)42)18(4)25(37-30)13-28(21)35-26/h7,12-15,20,35,38,43H,1,8-11H2,2-6H3,(H,39,40)(H,41,42). The Bertz CT molecular complexity index is 1920. The van der Waals surface area contributed by atoms with Crippen LogP contribution in [0.15, 0.2) is 30.8 Å². The van der Waals surface area contributed by atoms with Crippen molar-refractivity contribution in [3.63, 3.8) is 0 Å². The van der Waals surface area contributed by atoms with Crippen molar-refractivity contribution in [2.75, 3.05) is 0 Å². The molecule has 0 saturated heterocycles. The Labute approximate surface area is 255 Å². The molecule has 0 radical (unpaired) electrons. The molecule has 2 aliphatic rings. The molecule has 1 atom stereocenters. The van der Waals surface area contributed by atoms with Gasteiger partial charge in [0, 0.05) is 45.7 Å². The van der Waals surface area contributed by atoms with E-state index < -0.39 is 11.9 Å². The number of H-pyrrole nitrogens is 2. The van der Waals surface area contributed by atoms with E-state index in [1.807, 2.05) is 45.0 Å². The predicted octanol–water partition coefficient (Wildman–Crippen LogP) is 8.16. The number of hydrogen-bond donors (Lipinski definition) is 5. The summed E-state index contributed by atoms with van der Waals surface area (Å²) in [6, 6.07) is 7.95. The summed E-state index contributed by atoms with van der Waals surface area (Å²) in [6.45, 7) is 14.1. The van der Waals surface area contributed by atoms with E-state index in [9.17, 15) is 19.8 Å². The Kier molecular flexibility index (Phi) is 8.21. The van der Waals surface area contributed by atoms with Gasteiger partial charge in [-0.3, -0.25) is 9.59 Å². The highest BCUT2D eigenvalue weighted by Crippen LogP contribution is 2.38. The lowest BCUT2D eigenvalue weighted by atomic mass is 9.98. The fourth-order valence-electron chi connectivity index (χ4n) is 6.04. The molecule has 0 spiro atoms. The van der Waals surface area contributed by atoms with Gasteiger partial charge in [0.2, 0.25) is 0 Å². The number of carboxylic acids is 2.